The van der Waals surface area contributed by atoms with Gasteiger partial charge in [0, 0.05) is 21.6 Å². The Balaban J connectivity index is 1.86. The van der Waals surface area contributed by atoms with E-state index in [1.807, 2.05) is 36.4 Å². The lowest BCUT2D eigenvalue weighted by atomic mass is 9.75. The summed E-state index contributed by atoms with van der Waals surface area (Å²) < 4.78 is 6.15. The van der Waals surface area contributed by atoms with Gasteiger partial charge in [-0.2, -0.15) is 10.5 Å². The first-order chi connectivity index (χ1) is 12.9. The molecule has 0 N–H and O–H groups in total. The second-order valence-corrected chi connectivity index (χ2v) is 7.50. The van der Waals surface area contributed by atoms with Gasteiger partial charge in [0.1, 0.15) is 11.5 Å². The second-order valence-electron chi connectivity index (χ2n) is 7.06. The zero-order valence-electron chi connectivity index (χ0n) is 14.9. The van der Waals surface area contributed by atoms with Gasteiger partial charge < -0.3 is 4.74 Å². The van der Waals surface area contributed by atoms with Crippen molar-refractivity contribution in [3.63, 3.8) is 0 Å². The molecule has 0 fully saturated rings. The molecule has 4 heteroatoms. The smallest absolute Gasteiger partial charge is 0.133 e. The summed E-state index contributed by atoms with van der Waals surface area (Å²) in [6.07, 6.45) is 0. The topological polar surface area (TPSA) is 56.8 Å². The van der Waals surface area contributed by atoms with Gasteiger partial charge in [-0.05, 0) is 41.5 Å². The van der Waals surface area contributed by atoms with Gasteiger partial charge in [0.05, 0.1) is 23.3 Å². The molecule has 27 heavy (non-hydrogen) atoms. The summed E-state index contributed by atoms with van der Waals surface area (Å²) in [5.41, 5.74) is 4.52. The fourth-order valence-electron chi connectivity index (χ4n) is 3.61. The minimum atomic E-state index is -0.227. The molecular weight excluding hydrogens is 356 g/mol. The molecule has 0 radical (unpaired) electrons. The zero-order valence-corrected chi connectivity index (χ0v) is 15.6. The van der Waals surface area contributed by atoms with Crippen LogP contribution in [-0.2, 0) is 5.41 Å². The van der Waals surface area contributed by atoms with Gasteiger partial charge >= 0.3 is 0 Å². The Morgan fingerprint density at radius 2 is 1.56 bits per heavy atom. The molecule has 0 atom stereocenters. The van der Waals surface area contributed by atoms with Crippen LogP contribution in [0, 0.1) is 22.7 Å². The minimum absolute atomic E-state index is 0.227. The highest BCUT2D eigenvalue weighted by Gasteiger charge is 2.34. The van der Waals surface area contributed by atoms with Gasteiger partial charge in [-0.3, -0.25) is 0 Å². The van der Waals surface area contributed by atoms with Crippen LogP contribution in [0.15, 0.2) is 54.6 Å². The van der Waals surface area contributed by atoms with Crippen molar-refractivity contribution in [3.8, 4) is 34.8 Å². The number of benzene rings is 3. The Bertz CT molecular complexity index is 1170. The zero-order chi connectivity index (χ0) is 19.2. The predicted molar refractivity (Wildman–Crippen MR) is 105 cm³/mol. The van der Waals surface area contributed by atoms with Gasteiger partial charge in [0.2, 0.25) is 0 Å². The maximum Gasteiger partial charge on any atom is 0.133 e. The number of halogens is 1. The molecule has 0 saturated carbocycles. The molecular formula is C23H15ClN2O. The van der Waals surface area contributed by atoms with Crippen molar-refractivity contribution in [3.05, 3.63) is 81.9 Å². The monoisotopic (exact) mass is 370 g/mol. The van der Waals surface area contributed by atoms with E-state index in [0.717, 1.165) is 33.8 Å². The van der Waals surface area contributed by atoms with Crippen LogP contribution in [0.5, 0.6) is 11.5 Å². The molecule has 1 heterocycles. The standard InChI is InChI=1S/C23H15ClN2O/c1-23(2)19-7-4-15(18-6-3-14(12-25)9-16(18)13-26)10-21(19)27-22-11-17(24)5-8-20(22)23/h3-11H,1-2H3. The molecule has 1 aliphatic heterocycles. The Hall–Kier alpha value is -3.27. The molecule has 130 valence electrons. The van der Waals surface area contributed by atoms with Crippen LogP contribution in [0.2, 0.25) is 5.02 Å². The van der Waals surface area contributed by atoms with Gasteiger partial charge in [-0.1, -0.05) is 49.7 Å². The molecule has 0 amide bonds. The molecule has 4 rings (SSSR count). The molecule has 0 unspecified atom stereocenters. The van der Waals surface area contributed by atoms with E-state index in [4.69, 9.17) is 21.6 Å². The van der Waals surface area contributed by atoms with Crippen LogP contribution in [0.3, 0.4) is 0 Å². The highest BCUT2D eigenvalue weighted by molar-refractivity contribution is 6.30. The van der Waals surface area contributed by atoms with Crippen LogP contribution in [0.4, 0.5) is 0 Å². The van der Waals surface area contributed by atoms with Crippen molar-refractivity contribution in [1.82, 2.24) is 0 Å². The molecule has 3 aromatic carbocycles. The Kier molecular flexibility index (Phi) is 3.92. The van der Waals surface area contributed by atoms with Crippen LogP contribution >= 0.6 is 11.6 Å². The molecule has 0 bridgehead atoms. The summed E-state index contributed by atoms with van der Waals surface area (Å²) in [6.45, 7) is 4.31. The van der Waals surface area contributed by atoms with E-state index in [-0.39, 0.29) is 5.41 Å². The molecule has 3 nitrogen and oxygen atoms in total. The van der Waals surface area contributed by atoms with E-state index in [0.29, 0.717) is 16.1 Å². The lowest BCUT2D eigenvalue weighted by molar-refractivity contribution is 0.418. The van der Waals surface area contributed by atoms with Gasteiger partial charge in [-0.15, -0.1) is 0 Å². The van der Waals surface area contributed by atoms with Crippen molar-refractivity contribution in [2.45, 2.75) is 19.3 Å². The summed E-state index contributed by atoms with van der Waals surface area (Å²) in [4.78, 5) is 0. The SMILES string of the molecule is CC1(C)c2ccc(Cl)cc2Oc2cc(-c3ccc(C#N)cc3C#N)ccc21. The number of hydrogen-bond donors (Lipinski definition) is 0. The summed E-state index contributed by atoms with van der Waals surface area (Å²) in [7, 11) is 0. The summed E-state index contributed by atoms with van der Waals surface area (Å²) in [5.74, 6) is 1.50. The van der Waals surface area contributed by atoms with E-state index in [1.54, 1.807) is 18.2 Å². The number of ether oxygens (including phenoxy) is 1. The van der Waals surface area contributed by atoms with E-state index >= 15 is 0 Å². The first-order valence-corrected chi connectivity index (χ1v) is 8.89. The first-order valence-electron chi connectivity index (χ1n) is 8.51. The van der Waals surface area contributed by atoms with Gasteiger partial charge in [0.15, 0.2) is 0 Å². The predicted octanol–water partition coefficient (Wildman–Crippen LogP) is 6.18. The molecule has 0 aliphatic carbocycles. The molecule has 0 saturated heterocycles. The Labute approximate surface area is 163 Å². The Morgan fingerprint density at radius 1 is 0.852 bits per heavy atom. The van der Waals surface area contributed by atoms with E-state index in [2.05, 4.69) is 26.0 Å². The first kappa shape index (κ1) is 17.2. The van der Waals surface area contributed by atoms with E-state index in [9.17, 15) is 5.26 Å². The highest BCUT2D eigenvalue weighted by Crippen LogP contribution is 2.49. The quantitative estimate of drug-likeness (QED) is 0.513. The summed E-state index contributed by atoms with van der Waals surface area (Å²) in [5, 5.41) is 19.2. The van der Waals surface area contributed by atoms with Crippen molar-refractivity contribution in [1.29, 1.82) is 10.5 Å². The molecule has 3 aromatic rings. The number of nitriles is 2. The Morgan fingerprint density at radius 3 is 2.26 bits per heavy atom. The van der Waals surface area contributed by atoms with Crippen LogP contribution in [-0.4, -0.2) is 0 Å². The van der Waals surface area contributed by atoms with Crippen molar-refractivity contribution >= 4 is 11.6 Å². The van der Waals surface area contributed by atoms with Crippen LogP contribution in [0.25, 0.3) is 11.1 Å². The van der Waals surface area contributed by atoms with E-state index < -0.39 is 0 Å². The third-order valence-electron chi connectivity index (χ3n) is 5.07. The molecule has 0 aromatic heterocycles. The number of fused-ring (bicyclic) bond motifs is 2. The highest BCUT2D eigenvalue weighted by atomic mass is 35.5. The third kappa shape index (κ3) is 2.74. The van der Waals surface area contributed by atoms with Crippen molar-refractivity contribution in [2.24, 2.45) is 0 Å². The number of nitrogens with zero attached hydrogens (tertiary/aromatic N) is 2. The maximum absolute atomic E-state index is 9.48. The van der Waals surface area contributed by atoms with Gasteiger partial charge in [0.25, 0.3) is 0 Å². The summed E-state index contributed by atoms with van der Waals surface area (Å²) in [6, 6.07) is 21.1. The number of hydrogen-bond acceptors (Lipinski definition) is 3. The molecule has 0 spiro atoms. The second kappa shape index (κ2) is 6.16. The lowest BCUT2D eigenvalue weighted by Gasteiger charge is -2.34. The van der Waals surface area contributed by atoms with Crippen molar-refractivity contribution < 1.29 is 4.74 Å². The largest absolute Gasteiger partial charge is 0.457 e. The van der Waals surface area contributed by atoms with Crippen LogP contribution in [0.1, 0.15) is 36.1 Å². The average molecular weight is 371 g/mol. The third-order valence-corrected chi connectivity index (χ3v) is 5.31. The average Bonchev–Trinajstić information content (AvgIpc) is 2.66. The maximum atomic E-state index is 9.48. The fourth-order valence-corrected chi connectivity index (χ4v) is 3.77. The molecule has 1 aliphatic rings. The number of rotatable bonds is 1. The van der Waals surface area contributed by atoms with Gasteiger partial charge in [-0.25, -0.2) is 0 Å². The van der Waals surface area contributed by atoms with Crippen LogP contribution < -0.4 is 4.74 Å². The summed E-state index contributed by atoms with van der Waals surface area (Å²) >= 11 is 6.15. The van der Waals surface area contributed by atoms with E-state index in [1.165, 1.54) is 0 Å². The normalized spacial score (nSPS) is 13.5. The fraction of sp³-hybridized carbons (Fsp3) is 0.130. The van der Waals surface area contributed by atoms with Crippen molar-refractivity contribution in [2.75, 3.05) is 0 Å². The lowest BCUT2D eigenvalue weighted by Crippen LogP contribution is -2.24. The minimum Gasteiger partial charge on any atom is -0.457 e.